The number of ether oxygens (including phenoxy) is 1. The number of carbonyl (C=O) groups is 2. The smallest absolute Gasteiger partial charge is 0.433 e. The van der Waals surface area contributed by atoms with Crippen LogP contribution in [-0.4, -0.2) is 22.2 Å². The molecule has 0 unspecified atom stereocenters. The molecule has 43 heavy (non-hydrogen) atoms. The molecule has 1 aliphatic rings. The van der Waals surface area contributed by atoms with Crippen molar-refractivity contribution in [1.29, 1.82) is 0 Å². The summed E-state index contributed by atoms with van der Waals surface area (Å²) < 4.78 is 45.8. The number of rotatable bonds is 7. The van der Waals surface area contributed by atoms with Crippen molar-refractivity contribution in [2.24, 2.45) is 0 Å². The number of alkyl halides is 3. The average Bonchev–Trinajstić information content (AvgIpc) is 3.75. The third-order valence-corrected chi connectivity index (χ3v) is 8.85. The van der Waals surface area contributed by atoms with Gasteiger partial charge >= 0.3 is 18.2 Å². The summed E-state index contributed by atoms with van der Waals surface area (Å²) in [6.07, 6.45) is -4.67. The molecule has 2 aromatic heterocycles. The predicted molar refractivity (Wildman–Crippen MR) is 159 cm³/mol. The number of aliphatic carboxylic acids is 1. The SMILES string of the molecule is C[C@@H](OC(=O)Nc1c(-c2ccc(-c3ccc(C4(C(=O)O)CC4)cc3)cc2)sc2nc(C(F)(F)F)ccc12)c1ccccc1. The highest BCUT2D eigenvalue weighted by Crippen LogP contribution is 2.49. The fraction of sp³-hybridized carbons (Fsp3) is 0.182. The molecule has 1 aliphatic carbocycles. The maximum Gasteiger partial charge on any atom is 0.433 e. The number of hydrogen-bond donors (Lipinski definition) is 2. The number of hydrogen-bond acceptors (Lipinski definition) is 5. The predicted octanol–water partition coefficient (Wildman–Crippen LogP) is 9.07. The van der Waals surface area contributed by atoms with Crippen LogP contribution < -0.4 is 5.32 Å². The molecule has 10 heteroatoms. The Morgan fingerprint density at radius 1 is 0.907 bits per heavy atom. The summed E-state index contributed by atoms with van der Waals surface area (Å²) in [7, 11) is 0. The number of fused-ring (bicyclic) bond motifs is 1. The molecule has 0 aliphatic heterocycles. The first kappa shape index (κ1) is 28.4. The van der Waals surface area contributed by atoms with Crippen molar-refractivity contribution in [3.63, 3.8) is 0 Å². The standard InChI is InChI=1S/C33H25F3N2O4S/c1-19(20-5-3-2-4-6-20)42-31(41)38-27-25-15-16-26(33(34,35)36)37-29(25)43-28(27)23-9-7-21(8-10-23)22-11-13-24(14-12-22)32(17-18-32)30(39)40/h2-16,19H,17-18H2,1H3,(H,38,41)(H,39,40)/t19-/m1/s1. The number of carboxylic acids is 1. The van der Waals surface area contributed by atoms with Crippen LogP contribution in [0.15, 0.2) is 91.0 Å². The van der Waals surface area contributed by atoms with Gasteiger partial charge in [-0.25, -0.2) is 9.78 Å². The average molecular weight is 603 g/mol. The van der Waals surface area contributed by atoms with Crippen LogP contribution in [0, 0.1) is 0 Å². The highest BCUT2D eigenvalue weighted by Gasteiger charge is 2.51. The Kier molecular flexibility index (Phi) is 7.17. The highest BCUT2D eigenvalue weighted by molar-refractivity contribution is 7.22. The molecular formula is C33H25F3N2O4S. The largest absolute Gasteiger partial charge is 0.481 e. The third-order valence-electron chi connectivity index (χ3n) is 7.70. The summed E-state index contributed by atoms with van der Waals surface area (Å²) in [6.45, 7) is 1.73. The number of amides is 1. The van der Waals surface area contributed by atoms with E-state index in [1.54, 1.807) is 6.92 Å². The van der Waals surface area contributed by atoms with E-state index in [1.807, 2.05) is 78.9 Å². The van der Waals surface area contributed by atoms with Crippen molar-refractivity contribution in [3.05, 3.63) is 108 Å². The Bertz CT molecular complexity index is 1810. The van der Waals surface area contributed by atoms with Gasteiger partial charge in [-0.15, -0.1) is 11.3 Å². The van der Waals surface area contributed by atoms with Crippen LogP contribution in [0.3, 0.4) is 0 Å². The van der Waals surface area contributed by atoms with Crippen LogP contribution in [-0.2, 0) is 21.1 Å². The number of pyridine rings is 1. The number of nitrogens with one attached hydrogen (secondary N) is 1. The molecule has 2 N–H and O–H groups in total. The fourth-order valence-corrected chi connectivity index (χ4v) is 6.23. The number of carbonyl (C=O) groups excluding carboxylic acids is 1. The molecule has 1 fully saturated rings. The van der Waals surface area contributed by atoms with Crippen molar-refractivity contribution in [1.82, 2.24) is 4.98 Å². The highest BCUT2D eigenvalue weighted by atomic mass is 32.1. The van der Waals surface area contributed by atoms with Gasteiger partial charge in [0.1, 0.15) is 16.6 Å². The molecule has 0 radical (unpaired) electrons. The van der Waals surface area contributed by atoms with Crippen molar-refractivity contribution < 1.29 is 32.6 Å². The van der Waals surface area contributed by atoms with Crippen molar-refractivity contribution in [2.75, 3.05) is 5.32 Å². The summed E-state index contributed by atoms with van der Waals surface area (Å²) in [6, 6.07) is 26.2. The van der Waals surface area contributed by atoms with E-state index in [0.29, 0.717) is 34.4 Å². The van der Waals surface area contributed by atoms with E-state index < -0.39 is 35.5 Å². The summed E-state index contributed by atoms with van der Waals surface area (Å²) in [5.74, 6) is -0.812. The summed E-state index contributed by atoms with van der Waals surface area (Å²) in [5.41, 5.74) is 2.52. The van der Waals surface area contributed by atoms with Crippen LogP contribution in [0.25, 0.3) is 31.8 Å². The van der Waals surface area contributed by atoms with Crippen molar-refractivity contribution in [2.45, 2.75) is 37.5 Å². The maximum atomic E-state index is 13.4. The van der Waals surface area contributed by atoms with Crippen LogP contribution in [0.5, 0.6) is 0 Å². The molecule has 0 spiro atoms. The lowest BCUT2D eigenvalue weighted by molar-refractivity contribution is -0.141. The molecular weight excluding hydrogens is 577 g/mol. The second kappa shape index (κ2) is 10.9. The van der Waals surface area contributed by atoms with Crippen LogP contribution in [0.1, 0.15) is 42.7 Å². The normalized spacial score (nSPS) is 14.7. The lowest BCUT2D eigenvalue weighted by Crippen LogP contribution is -2.19. The van der Waals surface area contributed by atoms with Gasteiger partial charge in [0.15, 0.2) is 0 Å². The second-order valence-electron chi connectivity index (χ2n) is 10.5. The van der Waals surface area contributed by atoms with E-state index in [-0.39, 0.29) is 4.83 Å². The molecule has 1 atom stereocenters. The van der Waals surface area contributed by atoms with Gasteiger partial charge in [0.2, 0.25) is 0 Å². The third kappa shape index (κ3) is 5.58. The van der Waals surface area contributed by atoms with Gasteiger partial charge in [0.25, 0.3) is 0 Å². The minimum Gasteiger partial charge on any atom is -0.481 e. The molecule has 5 aromatic rings. The Morgan fingerprint density at radius 3 is 2.09 bits per heavy atom. The van der Waals surface area contributed by atoms with E-state index in [0.717, 1.165) is 39.7 Å². The number of nitrogens with zero attached hydrogens (tertiary/aromatic N) is 1. The number of anilines is 1. The first-order valence-electron chi connectivity index (χ1n) is 13.5. The number of aromatic nitrogens is 1. The van der Waals surface area contributed by atoms with Gasteiger partial charge in [0, 0.05) is 5.39 Å². The Morgan fingerprint density at radius 2 is 1.51 bits per heavy atom. The molecule has 1 saturated carbocycles. The summed E-state index contributed by atoms with van der Waals surface area (Å²) in [4.78, 5) is 29.1. The molecule has 6 nitrogen and oxygen atoms in total. The monoisotopic (exact) mass is 602 g/mol. The Labute approximate surface area is 248 Å². The number of benzene rings is 3. The first-order valence-corrected chi connectivity index (χ1v) is 14.3. The van der Waals surface area contributed by atoms with Crippen molar-refractivity contribution >= 4 is 39.3 Å². The van der Waals surface area contributed by atoms with E-state index in [2.05, 4.69) is 10.3 Å². The molecule has 218 valence electrons. The van der Waals surface area contributed by atoms with E-state index in [1.165, 1.54) is 6.07 Å². The molecule has 1 amide bonds. The minimum atomic E-state index is -4.61. The first-order chi connectivity index (χ1) is 20.5. The van der Waals surface area contributed by atoms with E-state index in [9.17, 15) is 27.9 Å². The minimum absolute atomic E-state index is 0.128. The van der Waals surface area contributed by atoms with Gasteiger partial charge in [-0.3, -0.25) is 10.1 Å². The zero-order chi connectivity index (χ0) is 30.4. The Hall–Kier alpha value is -4.70. The maximum absolute atomic E-state index is 13.4. The van der Waals surface area contributed by atoms with Crippen LogP contribution in [0.2, 0.25) is 0 Å². The molecule has 6 rings (SSSR count). The van der Waals surface area contributed by atoms with Gasteiger partial charge < -0.3 is 9.84 Å². The molecule has 0 saturated heterocycles. The van der Waals surface area contributed by atoms with Gasteiger partial charge in [-0.05, 0) is 59.7 Å². The van der Waals surface area contributed by atoms with Gasteiger partial charge in [-0.2, -0.15) is 13.2 Å². The van der Waals surface area contributed by atoms with Gasteiger partial charge in [-0.1, -0.05) is 78.9 Å². The molecule has 3 aromatic carbocycles. The quantitative estimate of drug-likeness (QED) is 0.194. The number of carboxylic acid groups (broad SMARTS) is 1. The number of thiophene rings is 1. The Balaban J connectivity index is 1.31. The lowest BCUT2D eigenvalue weighted by atomic mass is 9.93. The number of halogens is 3. The topological polar surface area (TPSA) is 88.5 Å². The fourth-order valence-electron chi connectivity index (χ4n) is 5.09. The second-order valence-corrected chi connectivity index (χ2v) is 11.5. The molecule has 2 heterocycles. The molecule has 0 bridgehead atoms. The van der Waals surface area contributed by atoms with E-state index >= 15 is 0 Å². The van der Waals surface area contributed by atoms with Crippen LogP contribution >= 0.6 is 11.3 Å². The van der Waals surface area contributed by atoms with Gasteiger partial charge in [0.05, 0.1) is 16.0 Å². The summed E-state index contributed by atoms with van der Waals surface area (Å²) >= 11 is 1.04. The van der Waals surface area contributed by atoms with E-state index in [4.69, 9.17) is 4.74 Å². The lowest BCUT2D eigenvalue weighted by Gasteiger charge is -2.15. The van der Waals surface area contributed by atoms with Crippen LogP contribution in [0.4, 0.5) is 23.7 Å². The zero-order valence-corrected chi connectivity index (χ0v) is 23.6. The van der Waals surface area contributed by atoms with Crippen molar-refractivity contribution in [3.8, 4) is 21.6 Å². The summed E-state index contributed by atoms with van der Waals surface area (Å²) in [5, 5.41) is 12.7. The zero-order valence-electron chi connectivity index (χ0n) is 22.8.